The van der Waals surface area contributed by atoms with E-state index in [9.17, 15) is 9.59 Å². The van der Waals surface area contributed by atoms with Crippen LogP contribution >= 0.6 is 11.3 Å². The van der Waals surface area contributed by atoms with Crippen LogP contribution in [0.15, 0.2) is 17.5 Å². The molecule has 1 saturated carbocycles. The highest BCUT2D eigenvalue weighted by atomic mass is 32.1. The third-order valence-electron chi connectivity index (χ3n) is 7.63. The highest BCUT2D eigenvalue weighted by molar-refractivity contribution is 7.17. The summed E-state index contributed by atoms with van der Waals surface area (Å²) in [6, 6.07) is 4.25. The second kappa shape index (κ2) is 8.80. The largest absolute Gasteiger partial charge is 0.379 e. The summed E-state index contributed by atoms with van der Waals surface area (Å²) >= 11 is 1.64. The molecular formula is C24H34N4O3S. The molecule has 1 N–H and O–H groups in total. The third kappa shape index (κ3) is 3.97. The van der Waals surface area contributed by atoms with Gasteiger partial charge in [0.15, 0.2) is 0 Å². The Kier molecular flexibility index (Phi) is 6.03. The van der Waals surface area contributed by atoms with Crippen LogP contribution in [0.1, 0.15) is 50.0 Å². The minimum atomic E-state index is -0.909. The van der Waals surface area contributed by atoms with Crippen molar-refractivity contribution in [3.05, 3.63) is 23.2 Å². The quantitative estimate of drug-likeness (QED) is 0.748. The van der Waals surface area contributed by atoms with Gasteiger partial charge in [-0.1, -0.05) is 6.92 Å². The van der Waals surface area contributed by atoms with Crippen LogP contribution in [0.5, 0.6) is 0 Å². The molecule has 4 heterocycles. The van der Waals surface area contributed by atoms with Crippen LogP contribution in [0, 0.1) is 5.92 Å². The molecule has 2 aliphatic heterocycles. The Hall–Kier alpha value is -1.90. The predicted octanol–water partition coefficient (Wildman–Crippen LogP) is 2.94. The van der Waals surface area contributed by atoms with Crippen molar-refractivity contribution in [1.29, 1.82) is 0 Å². The molecule has 174 valence electrons. The Morgan fingerprint density at radius 3 is 2.72 bits per heavy atom. The number of carbonyl (C=O) groups excluding carboxylic acids is 2. The molecule has 0 radical (unpaired) electrons. The number of hydrogen-bond donors (Lipinski definition) is 1. The summed E-state index contributed by atoms with van der Waals surface area (Å²) in [5.74, 6) is 0.673. The molecule has 3 aliphatic rings. The summed E-state index contributed by atoms with van der Waals surface area (Å²) < 4.78 is 8.63. The minimum Gasteiger partial charge on any atom is -0.379 e. The van der Waals surface area contributed by atoms with E-state index < -0.39 is 5.54 Å². The molecule has 5 rings (SSSR count). The highest BCUT2D eigenvalue weighted by Crippen LogP contribution is 2.35. The summed E-state index contributed by atoms with van der Waals surface area (Å²) in [6.07, 6.45) is 4.35. The van der Waals surface area contributed by atoms with Crippen LogP contribution in [0.3, 0.4) is 0 Å². The summed E-state index contributed by atoms with van der Waals surface area (Å²) in [5.41, 5.74) is 0.843. The molecule has 1 aliphatic carbocycles. The maximum atomic E-state index is 13.7. The minimum absolute atomic E-state index is 0.0184. The molecule has 2 aromatic rings. The van der Waals surface area contributed by atoms with E-state index in [0.717, 1.165) is 74.7 Å². The zero-order valence-electron chi connectivity index (χ0n) is 19.1. The van der Waals surface area contributed by atoms with Gasteiger partial charge in [-0.3, -0.25) is 14.5 Å². The van der Waals surface area contributed by atoms with Crippen molar-refractivity contribution in [3.63, 3.8) is 0 Å². The van der Waals surface area contributed by atoms with Crippen LogP contribution in [-0.2, 0) is 16.1 Å². The molecule has 32 heavy (non-hydrogen) atoms. The van der Waals surface area contributed by atoms with Crippen molar-refractivity contribution in [1.82, 2.24) is 19.7 Å². The maximum Gasteiger partial charge on any atom is 0.271 e. The van der Waals surface area contributed by atoms with E-state index in [1.54, 1.807) is 11.3 Å². The Morgan fingerprint density at radius 2 is 1.97 bits per heavy atom. The Balaban J connectivity index is 1.41. The van der Waals surface area contributed by atoms with E-state index in [1.807, 2.05) is 23.3 Å². The first-order valence-corrected chi connectivity index (χ1v) is 12.8. The number of nitrogens with zero attached hydrogens (tertiary/aromatic N) is 3. The van der Waals surface area contributed by atoms with Gasteiger partial charge in [-0.15, -0.1) is 11.3 Å². The molecule has 7 nitrogen and oxygen atoms in total. The van der Waals surface area contributed by atoms with Crippen LogP contribution in [0.4, 0.5) is 0 Å². The van der Waals surface area contributed by atoms with Gasteiger partial charge in [-0.2, -0.15) is 0 Å². The number of hydrogen-bond acceptors (Lipinski definition) is 5. The van der Waals surface area contributed by atoms with Gasteiger partial charge in [0, 0.05) is 32.2 Å². The molecule has 0 unspecified atom stereocenters. The van der Waals surface area contributed by atoms with E-state index in [0.29, 0.717) is 18.8 Å². The molecule has 0 spiro atoms. The van der Waals surface area contributed by atoms with E-state index in [-0.39, 0.29) is 17.9 Å². The number of amides is 2. The number of fused-ring (bicyclic) bond motifs is 3. The lowest BCUT2D eigenvalue weighted by Crippen LogP contribution is -2.66. The van der Waals surface area contributed by atoms with Gasteiger partial charge in [0.1, 0.15) is 11.2 Å². The zero-order chi connectivity index (χ0) is 22.3. The van der Waals surface area contributed by atoms with Crippen LogP contribution in [0.2, 0.25) is 0 Å². The lowest BCUT2D eigenvalue weighted by molar-refractivity contribution is -0.134. The van der Waals surface area contributed by atoms with Crippen molar-refractivity contribution >= 4 is 33.4 Å². The fourth-order valence-electron chi connectivity index (χ4n) is 5.43. The molecule has 2 fully saturated rings. The second-order valence-corrected chi connectivity index (χ2v) is 10.8. The van der Waals surface area contributed by atoms with Crippen molar-refractivity contribution in [3.8, 4) is 0 Å². The van der Waals surface area contributed by atoms with Crippen LogP contribution < -0.4 is 5.32 Å². The monoisotopic (exact) mass is 458 g/mol. The molecule has 1 atom stereocenters. The van der Waals surface area contributed by atoms with Gasteiger partial charge in [0.2, 0.25) is 5.91 Å². The molecule has 0 aromatic carbocycles. The molecular weight excluding hydrogens is 424 g/mol. The fourth-order valence-corrected chi connectivity index (χ4v) is 6.26. The first-order valence-electron chi connectivity index (χ1n) is 12.0. The maximum absolute atomic E-state index is 13.7. The summed E-state index contributed by atoms with van der Waals surface area (Å²) in [6.45, 7) is 9.23. The second-order valence-electron chi connectivity index (χ2n) is 9.90. The lowest BCUT2D eigenvalue weighted by atomic mass is 9.86. The molecule has 2 aromatic heterocycles. The Bertz CT molecular complexity index is 987. The van der Waals surface area contributed by atoms with E-state index in [2.05, 4.69) is 27.8 Å². The van der Waals surface area contributed by atoms with Crippen molar-refractivity contribution < 1.29 is 14.3 Å². The van der Waals surface area contributed by atoms with Crippen LogP contribution in [-0.4, -0.2) is 77.2 Å². The smallest absolute Gasteiger partial charge is 0.271 e. The first-order chi connectivity index (χ1) is 15.5. The molecule has 8 heteroatoms. The Labute approximate surface area is 193 Å². The van der Waals surface area contributed by atoms with Crippen molar-refractivity contribution in [2.45, 2.75) is 57.7 Å². The van der Waals surface area contributed by atoms with Gasteiger partial charge in [0.25, 0.3) is 5.91 Å². The van der Waals surface area contributed by atoms with Gasteiger partial charge < -0.3 is 19.5 Å². The first kappa shape index (κ1) is 21.9. The Morgan fingerprint density at radius 1 is 1.22 bits per heavy atom. The lowest BCUT2D eigenvalue weighted by Gasteiger charge is -2.45. The fraction of sp³-hybridized carbons (Fsp3) is 0.667. The number of rotatable bonds is 5. The number of thiophene rings is 1. The number of morpholine rings is 1. The average molecular weight is 459 g/mol. The number of ether oxygens (including phenoxy) is 1. The number of nitrogens with one attached hydrogen (secondary N) is 1. The normalized spacial score (nSPS) is 29.3. The summed E-state index contributed by atoms with van der Waals surface area (Å²) in [5, 5.41) is 5.38. The number of aromatic nitrogens is 1. The van der Waals surface area contributed by atoms with Crippen LogP contribution in [0.25, 0.3) is 10.2 Å². The van der Waals surface area contributed by atoms with Gasteiger partial charge in [-0.25, -0.2) is 0 Å². The van der Waals surface area contributed by atoms with Crippen molar-refractivity contribution in [2.24, 2.45) is 5.92 Å². The van der Waals surface area contributed by atoms with E-state index in [4.69, 9.17) is 4.74 Å². The number of carbonyl (C=O) groups is 2. The SMILES string of the molecule is CC1CCC(NC(=O)[C@]2(C)Cn3c(cc4sccc43)C(=O)N2CCN2CCOCC2)CC1. The third-order valence-corrected chi connectivity index (χ3v) is 8.49. The summed E-state index contributed by atoms with van der Waals surface area (Å²) in [4.78, 5) is 31.6. The van der Waals surface area contributed by atoms with Gasteiger partial charge in [0.05, 0.1) is 30.0 Å². The average Bonchev–Trinajstić information content (AvgIpc) is 3.38. The van der Waals surface area contributed by atoms with E-state index in [1.165, 1.54) is 0 Å². The topological polar surface area (TPSA) is 66.8 Å². The van der Waals surface area contributed by atoms with Gasteiger partial charge >= 0.3 is 0 Å². The summed E-state index contributed by atoms with van der Waals surface area (Å²) in [7, 11) is 0. The highest BCUT2D eigenvalue weighted by Gasteiger charge is 2.48. The molecule has 0 bridgehead atoms. The molecule has 1 saturated heterocycles. The molecule has 2 amide bonds. The zero-order valence-corrected chi connectivity index (χ0v) is 20.0. The van der Waals surface area contributed by atoms with Crippen molar-refractivity contribution in [2.75, 3.05) is 39.4 Å². The standard InChI is InChI=1S/C24H34N4O3S/c1-17-3-5-18(6-4-17)25-23(30)24(2)16-27-19-7-14-32-21(19)15-20(27)22(29)28(24)9-8-26-10-12-31-13-11-26/h7,14-15,17-18H,3-6,8-13,16H2,1-2H3,(H,25,30)/t17?,18?,24-/m0/s1. The predicted molar refractivity (Wildman–Crippen MR) is 126 cm³/mol. The van der Waals surface area contributed by atoms with Gasteiger partial charge in [-0.05, 0) is 56.0 Å². The van der Waals surface area contributed by atoms with E-state index >= 15 is 0 Å².